The Morgan fingerprint density at radius 1 is 1.33 bits per heavy atom. The highest BCUT2D eigenvalue weighted by molar-refractivity contribution is 5.20. The average molecular weight is 260 g/mol. The van der Waals surface area contributed by atoms with Crippen molar-refractivity contribution >= 4 is 0 Å². The number of hydrogen-bond acceptors (Lipinski definition) is 3. The molecule has 1 fully saturated rings. The molecule has 0 aromatic heterocycles. The highest BCUT2D eigenvalue weighted by atomic mass is 19.2. The lowest BCUT2D eigenvalue weighted by Gasteiger charge is -2.32. The zero-order valence-electron chi connectivity index (χ0n) is 9.80. The van der Waals surface area contributed by atoms with E-state index >= 15 is 0 Å². The van der Waals surface area contributed by atoms with Crippen molar-refractivity contribution in [2.24, 2.45) is 0 Å². The van der Waals surface area contributed by atoms with Gasteiger partial charge in [-0.3, -0.25) is 4.90 Å². The van der Waals surface area contributed by atoms with E-state index in [4.69, 9.17) is 5.11 Å². The van der Waals surface area contributed by atoms with Gasteiger partial charge < -0.3 is 10.4 Å². The summed E-state index contributed by atoms with van der Waals surface area (Å²) in [6, 6.07) is 1.46. The molecule has 0 radical (unpaired) electrons. The molecule has 0 saturated carbocycles. The highest BCUT2D eigenvalue weighted by Crippen LogP contribution is 2.17. The molecule has 6 heteroatoms. The van der Waals surface area contributed by atoms with Crippen molar-refractivity contribution in [1.29, 1.82) is 0 Å². The Hall–Kier alpha value is -1.11. The highest BCUT2D eigenvalue weighted by Gasteiger charge is 2.20. The summed E-state index contributed by atoms with van der Waals surface area (Å²) < 4.78 is 39.6. The van der Waals surface area contributed by atoms with Crippen LogP contribution in [-0.2, 0) is 6.54 Å². The van der Waals surface area contributed by atoms with Gasteiger partial charge in [-0.05, 0) is 6.07 Å². The van der Waals surface area contributed by atoms with Gasteiger partial charge in [-0.1, -0.05) is 0 Å². The summed E-state index contributed by atoms with van der Waals surface area (Å²) in [4.78, 5) is 1.86. The zero-order valence-corrected chi connectivity index (χ0v) is 9.80. The van der Waals surface area contributed by atoms with Crippen molar-refractivity contribution in [3.8, 4) is 0 Å². The maximum Gasteiger partial charge on any atom is 0.163 e. The molecule has 1 aliphatic rings. The fraction of sp³-hybridized carbons (Fsp3) is 0.500. The summed E-state index contributed by atoms with van der Waals surface area (Å²) >= 11 is 0. The summed E-state index contributed by atoms with van der Waals surface area (Å²) in [7, 11) is 0. The summed E-state index contributed by atoms with van der Waals surface area (Å²) in [6.07, 6.45) is 0. The number of piperazine rings is 1. The molecule has 100 valence electrons. The predicted octanol–water partition coefficient (Wildman–Crippen LogP) is 0.870. The Morgan fingerprint density at radius 2 is 2.11 bits per heavy atom. The van der Waals surface area contributed by atoms with Crippen molar-refractivity contribution in [3.63, 3.8) is 0 Å². The first-order chi connectivity index (χ1) is 8.60. The molecule has 2 rings (SSSR count). The van der Waals surface area contributed by atoms with Gasteiger partial charge in [0, 0.05) is 43.9 Å². The van der Waals surface area contributed by atoms with Crippen LogP contribution in [0.25, 0.3) is 0 Å². The lowest BCUT2D eigenvalue weighted by Crippen LogP contribution is -2.51. The third kappa shape index (κ3) is 3.01. The van der Waals surface area contributed by atoms with E-state index < -0.39 is 17.5 Å². The molecule has 1 heterocycles. The molecule has 1 aromatic rings. The van der Waals surface area contributed by atoms with Crippen LogP contribution in [0.5, 0.6) is 0 Å². The molecule has 2 N–H and O–H groups in total. The minimum Gasteiger partial charge on any atom is -0.395 e. The van der Waals surface area contributed by atoms with Crippen LogP contribution in [0.4, 0.5) is 13.2 Å². The van der Waals surface area contributed by atoms with Gasteiger partial charge in [0.1, 0.15) is 5.82 Å². The van der Waals surface area contributed by atoms with Gasteiger partial charge >= 0.3 is 0 Å². The molecular formula is C12H15F3N2O. The Morgan fingerprint density at radius 3 is 2.83 bits per heavy atom. The molecule has 0 aliphatic carbocycles. The third-order valence-corrected chi connectivity index (χ3v) is 3.02. The molecule has 1 saturated heterocycles. The van der Waals surface area contributed by atoms with E-state index in [1.807, 2.05) is 4.90 Å². The number of aliphatic hydroxyl groups excluding tert-OH is 1. The van der Waals surface area contributed by atoms with Crippen LogP contribution in [0, 0.1) is 17.5 Å². The van der Waals surface area contributed by atoms with Crippen LogP contribution in [0.15, 0.2) is 12.1 Å². The number of benzene rings is 1. The molecule has 1 atom stereocenters. The molecule has 1 aliphatic heterocycles. The van der Waals surface area contributed by atoms with Gasteiger partial charge in [-0.25, -0.2) is 13.2 Å². The minimum absolute atomic E-state index is 0.00564. The van der Waals surface area contributed by atoms with Gasteiger partial charge in [0.2, 0.25) is 0 Å². The van der Waals surface area contributed by atoms with Crippen LogP contribution >= 0.6 is 0 Å². The Kier molecular flexibility index (Phi) is 4.21. The van der Waals surface area contributed by atoms with E-state index in [-0.39, 0.29) is 24.8 Å². The van der Waals surface area contributed by atoms with E-state index in [1.165, 1.54) is 0 Å². The van der Waals surface area contributed by atoms with Crippen molar-refractivity contribution in [2.45, 2.75) is 12.6 Å². The van der Waals surface area contributed by atoms with E-state index in [2.05, 4.69) is 5.32 Å². The first kappa shape index (κ1) is 13.3. The van der Waals surface area contributed by atoms with Gasteiger partial charge in [0.15, 0.2) is 11.6 Å². The van der Waals surface area contributed by atoms with Crippen molar-refractivity contribution < 1.29 is 18.3 Å². The molecular weight excluding hydrogens is 245 g/mol. The Labute approximate surface area is 103 Å². The first-order valence-electron chi connectivity index (χ1n) is 5.80. The summed E-state index contributed by atoms with van der Waals surface area (Å²) in [6.45, 7) is 1.95. The van der Waals surface area contributed by atoms with E-state index in [0.29, 0.717) is 25.7 Å². The number of rotatable bonds is 3. The lowest BCUT2D eigenvalue weighted by molar-refractivity contribution is 0.142. The number of halogens is 3. The standard InChI is InChI=1S/C12H15F3N2O/c13-9-3-8(12(15)11(14)4-9)5-17-2-1-16-10(6-17)7-18/h3-4,10,16,18H,1-2,5-7H2/t10-/m1/s1. The summed E-state index contributed by atoms with van der Waals surface area (Å²) in [5.74, 6) is -2.95. The van der Waals surface area contributed by atoms with Crippen LogP contribution in [0.2, 0.25) is 0 Å². The minimum atomic E-state index is -1.17. The van der Waals surface area contributed by atoms with Gasteiger partial charge in [-0.15, -0.1) is 0 Å². The predicted molar refractivity (Wildman–Crippen MR) is 60.5 cm³/mol. The quantitative estimate of drug-likeness (QED) is 0.792. The average Bonchev–Trinajstić information content (AvgIpc) is 2.35. The van der Waals surface area contributed by atoms with Crippen molar-refractivity contribution in [1.82, 2.24) is 10.2 Å². The van der Waals surface area contributed by atoms with Crippen LogP contribution < -0.4 is 5.32 Å². The van der Waals surface area contributed by atoms with E-state index in [1.54, 1.807) is 0 Å². The number of aliphatic hydroxyl groups is 1. The number of nitrogens with one attached hydrogen (secondary N) is 1. The van der Waals surface area contributed by atoms with Crippen molar-refractivity contribution in [3.05, 3.63) is 35.1 Å². The molecule has 1 aromatic carbocycles. The molecule has 0 bridgehead atoms. The van der Waals surface area contributed by atoms with Crippen LogP contribution in [-0.4, -0.2) is 42.3 Å². The molecule has 0 unspecified atom stereocenters. The molecule has 3 nitrogen and oxygen atoms in total. The fourth-order valence-electron chi connectivity index (χ4n) is 2.13. The molecule has 18 heavy (non-hydrogen) atoms. The second-order valence-electron chi connectivity index (χ2n) is 4.43. The third-order valence-electron chi connectivity index (χ3n) is 3.02. The smallest absolute Gasteiger partial charge is 0.163 e. The van der Waals surface area contributed by atoms with Gasteiger partial charge in [0.05, 0.1) is 6.61 Å². The SMILES string of the molecule is OC[C@H]1CN(Cc2cc(F)cc(F)c2F)CCN1. The molecule has 0 spiro atoms. The second kappa shape index (κ2) is 5.69. The fourth-order valence-corrected chi connectivity index (χ4v) is 2.13. The lowest BCUT2D eigenvalue weighted by atomic mass is 10.1. The first-order valence-corrected chi connectivity index (χ1v) is 5.80. The zero-order chi connectivity index (χ0) is 13.1. The number of nitrogens with zero attached hydrogens (tertiary/aromatic N) is 1. The topological polar surface area (TPSA) is 35.5 Å². The van der Waals surface area contributed by atoms with E-state index in [9.17, 15) is 13.2 Å². The maximum atomic E-state index is 13.5. The number of hydrogen-bond donors (Lipinski definition) is 2. The van der Waals surface area contributed by atoms with Gasteiger partial charge in [0.25, 0.3) is 0 Å². The van der Waals surface area contributed by atoms with Crippen LogP contribution in [0.1, 0.15) is 5.56 Å². The second-order valence-corrected chi connectivity index (χ2v) is 4.43. The summed E-state index contributed by atoms with van der Waals surface area (Å²) in [5.41, 5.74) is 0.00564. The maximum absolute atomic E-state index is 13.5. The van der Waals surface area contributed by atoms with Crippen LogP contribution in [0.3, 0.4) is 0 Å². The van der Waals surface area contributed by atoms with E-state index in [0.717, 1.165) is 6.07 Å². The Balaban J connectivity index is 2.09. The largest absolute Gasteiger partial charge is 0.395 e. The Bertz CT molecular complexity index is 428. The van der Waals surface area contributed by atoms with Crippen molar-refractivity contribution in [2.75, 3.05) is 26.2 Å². The summed E-state index contributed by atoms with van der Waals surface area (Å²) in [5, 5.41) is 12.1. The monoisotopic (exact) mass is 260 g/mol. The normalized spacial score (nSPS) is 21.2. The van der Waals surface area contributed by atoms with Gasteiger partial charge in [-0.2, -0.15) is 0 Å². The molecule has 0 amide bonds.